The Bertz CT molecular complexity index is 793. The summed E-state index contributed by atoms with van der Waals surface area (Å²) in [5, 5.41) is 13.2. The number of nitrogens with one attached hydrogen (secondary N) is 1. The molecule has 2 rings (SSSR count). The van der Waals surface area contributed by atoms with Crippen LogP contribution in [0.15, 0.2) is 12.1 Å². The number of carbonyl (C=O) groups is 3. The molecular formula is C19H25BClNO7. The van der Waals surface area contributed by atoms with Crippen LogP contribution in [0.1, 0.15) is 56.5 Å². The summed E-state index contributed by atoms with van der Waals surface area (Å²) in [4.78, 5) is 36.0. The van der Waals surface area contributed by atoms with Crippen LogP contribution in [-0.2, 0) is 25.5 Å². The number of carbonyl (C=O) groups excluding carboxylic acids is 3. The molecule has 8 nitrogen and oxygen atoms in total. The van der Waals surface area contributed by atoms with E-state index in [1.54, 1.807) is 26.8 Å². The first-order chi connectivity index (χ1) is 13.5. The first-order valence-electron chi connectivity index (χ1n) is 9.33. The fraction of sp³-hybridized carbons (Fsp3) is 0.526. The fourth-order valence-corrected chi connectivity index (χ4v) is 2.93. The third kappa shape index (κ3) is 6.11. The maximum atomic E-state index is 12.4. The summed E-state index contributed by atoms with van der Waals surface area (Å²) in [5.41, 5.74) is -0.188. The van der Waals surface area contributed by atoms with Gasteiger partial charge >= 0.3 is 19.1 Å². The molecule has 10 heteroatoms. The van der Waals surface area contributed by atoms with Gasteiger partial charge in [0, 0.05) is 11.4 Å². The van der Waals surface area contributed by atoms with Gasteiger partial charge in [-0.05, 0) is 51.3 Å². The van der Waals surface area contributed by atoms with E-state index in [2.05, 4.69) is 5.32 Å². The second kappa shape index (κ2) is 9.50. The summed E-state index contributed by atoms with van der Waals surface area (Å²) in [7, 11) is -1.34. The zero-order valence-corrected chi connectivity index (χ0v) is 17.7. The summed E-state index contributed by atoms with van der Waals surface area (Å²) in [6.45, 7) is 6.34. The minimum absolute atomic E-state index is 0.00306. The van der Waals surface area contributed by atoms with Crippen molar-refractivity contribution in [3.63, 3.8) is 0 Å². The Morgan fingerprint density at radius 3 is 2.62 bits per heavy atom. The molecule has 1 atom stereocenters. The highest BCUT2D eigenvalue weighted by molar-refractivity contribution is 6.47. The minimum Gasteiger partial charge on any atom is -0.534 e. The molecular weight excluding hydrogens is 400 g/mol. The number of fused-ring (bicyclic) bond motifs is 1. The lowest BCUT2D eigenvalue weighted by Gasteiger charge is -2.29. The van der Waals surface area contributed by atoms with Crippen LogP contribution in [0.5, 0.6) is 5.75 Å². The van der Waals surface area contributed by atoms with Crippen molar-refractivity contribution in [2.75, 3.05) is 6.79 Å². The normalized spacial score (nSPS) is 15.8. The van der Waals surface area contributed by atoms with Gasteiger partial charge in [-0.3, -0.25) is 9.59 Å². The van der Waals surface area contributed by atoms with Crippen molar-refractivity contribution in [2.24, 2.45) is 5.41 Å². The molecule has 0 bridgehead atoms. The molecule has 0 radical (unpaired) electrons. The number of hydrogen-bond acceptors (Lipinski definition) is 7. The second-order valence-electron chi connectivity index (χ2n) is 7.81. The Morgan fingerprint density at radius 1 is 1.31 bits per heavy atom. The fourth-order valence-electron chi connectivity index (χ4n) is 2.69. The minimum atomic E-state index is -1.34. The highest BCUT2D eigenvalue weighted by atomic mass is 35.5. The Labute approximate surface area is 175 Å². The van der Waals surface area contributed by atoms with Crippen molar-refractivity contribution in [2.45, 2.75) is 52.9 Å². The molecule has 158 valence electrons. The molecule has 1 amide bonds. The van der Waals surface area contributed by atoms with Gasteiger partial charge in [0.2, 0.25) is 12.7 Å². The molecule has 1 aromatic rings. The summed E-state index contributed by atoms with van der Waals surface area (Å²) >= 11 is 6.11. The van der Waals surface area contributed by atoms with Gasteiger partial charge < -0.3 is 24.5 Å². The van der Waals surface area contributed by atoms with Crippen molar-refractivity contribution in [3.8, 4) is 5.75 Å². The van der Waals surface area contributed by atoms with Gasteiger partial charge in [0.05, 0.1) is 11.4 Å². The second-order valence-corrected chi connectivity index (χ2v) is 8.25. The molecule has 0 saturated heterocycles. The molecule has 1 aliphatic rings. The monoisotopic (exact) mass is 425 g/mol. The van der Waals surface area contributed by atoms with E-state index in [4.69, 9.17) is 25.7 Å². The molecule has 0 aliphatic carbocycles. The maximum Gasteiger partial charge on any atom is 0.547 e. The Balaban J connectivity index is 2.12. The molecule has 0 unspecified atom stereocenters. The maximum absolute atomic E-state index is 12.4. The highest BCUT2D eigenvalue weighted by Crippen LogP contribution is 2.33. The highest BCUT2D eigenvalue weighted by Gasteiger charge is 2.38. The zero-order valence-electron chi connectivity index (χ0n) is 16.9. The Hall–Kier alpha value is -2.26. The Kier molecular flexibility index (Phi) is 7.54. The quantitative estimate of drug-likeness (QED) is 0.408. The van der Waals surface area contributed by atoms with Crippen LogP contribution in [0.4, 0.5) is 0 Å². The lowest BCUT2D eigenvalue weighted by atomic mass is 9.72. The van der Waals surface area contributed by atoms with Crippen LogP contribution in [0.25, 0.3) is 0 Å². The van der Waals surface area contributed by atoms with Crippen LogP contribution >= 0.6 is 11.6 Å². The van der Waals surface area contributed by atoms with Gasteiger partial charge in [0.15, 0.2) is 0 Å². The van der Waals surface area contributed by atoms with E-state index in [9.17, 15) is 19.4 Å². The predicted octanol–water partition coefficient (Wildman–Crippen LogP) is 2.28. The topological polar surface area (TPSA) is 111 Å². The first-order valence-corrected chi connectivity index (χ1v) is 9.71. The molecule has 1 heterocycles. The predicted molar refractivity (Wildman–Crippen MR) is 106 cm³/mol. The first kappa shape index (κ1) is 23.0. The van der Waals surface area contributed by atoms with E-state index >= 15 is 0 Å². The molecule has 1 aliphatic heterocycles. The zero-order chi connectivity index (χ0) is 21.8. The van der Waals surface area contributed by atoms with Crippen LogP contribution < -0.4 is 9.97 Å². The third-order valence-electron chi connectivity index (χ3n) is 4.19. The van der Waals surface area contributed by atoms with Crippen molar-refractivity contribution < 1.29 is 33.5 Å². The number of hydrogen-bond donors (Lipinski definition) is 2. The van der Waals surface area contributed by atoms with Gasteiger partial charge in [-0.2, -0.15) is 0 Å². The van der Waals surface area contributed by atoms with E-state index < -0.39 is 37.2 Å². The number of esters is 2. The average molecular weight is 426 g/mol. The number of rotatable bonds is 6. The van der Waals surface area contributed by atoms with Crippen LogP contribution in [0.3, 0.4) is 0 Å². The van der Waals surface area contributed by atoms with E-state index in [1.165, 1.54) is 6.07 Å². The van der Waals surface area contributed by atoms with E-state index in [0.717, 1.165) is 0 Å². The summed E-state index contributed by atoms with van der Waals surface area (Å²) < 4.78 is 15.4. The summed E-state index contributed by atoms with van der Waals surface area (Å²) in [5.74, 6) is -2.08. The van der Waals surface area contributed by atoms with Crippen molar-refractivity contribution >= 4 is 36.6 Å². The SMILES string of the molecule is CCCC(=O)N[C@H]1Cc2cc(Cl)cc(C(=O)OCOC(=O)C(C)(C)C)c2OB1O. The smallest absolute Gasteiger partial charge is 0.534 e. The third-order valence-corrected chi connectivity index (χ3v) is 4.41. The molecule has 0 spiro atoms. The molecule has 2 N–H and O–H groups in total. The number of ether oxygens (including phenoxy) is 2. The van der Waals surface area contributed by atoms with Gasteiger partial charge in [-0.1, -0.05) is 18.5 Å². The summed E-state index contributed by atoms with van der Waals surface area (Å²) in [6.07, 6.45) is 1.23. The molecule has 1 aromatic carbocycles. The molecule has 0 fully saturated rings. The van der Waals surface area contributed by atoms with Crippen LogP contribution in [0, 0.1) is 5.41 Å². The van der Waals surface area contributed by atoms with E-state index in [-0.39, 0.29) is 28.7 Å². The van der Waals surface area contributed by atoms with E-state index in [1.807, 2.05) is 6.92 Å². The lowest BCUT2D eigenvalue weighted by Crippen LogP contribution is -2.53. The van der Waals surface area contributed by atoms with Gasteiger partial charge in [-0.15, -0.1) is 0 Å². The van der Waals surface area contributed by atoms with Gasteiger partial charge in [0.25, 0.3) is 0 Å². The molecule has 0 saturated carbocycles. The number of benzene rings is 1. The van der Waals surface area contributed by atoms with Crippen molar-refractivity contribution in [3.05, 3.63) is 28.3 Å². The summed E-state index contributed by atoms with van der Waals surface area (Å²) in [6, 6.07) is 2.94. The van der Waals surface area contributed by atoms with E-state index in [0.29, 0.717) is 18.4 Å². The molecule has 0 aromatic heterocycles. The van der Waals surface area contributed by atoms with Crippen LogP contribution in [0.2, 0.25) is 5.02 Å². The van der Waals surface area contributed by atoms with Gasteiger partial charge in [-0.25, -0.2) is 4.79 Å². The number of halogens is 1. The lowest BCUT2D eigenvalue weighted by molar-refractivity contribution is -0.161. The molecule has 29 heavy (non-hydrogen) atoms. The van der Waals surface area contributed by atoms with Crippen LogP contribution in [-0.4, -0.2) is 42.7 Å². The largest absolute Gasteiger partial charge is 0.547 e. The average Bonchev–Trinajstić information content (AvgIpc) is 2.61. The standard InChI is InChI=1S/C19H25BClNO7/c1-5-6-15(23)22-14-8-11-7-12(21)9-13(16(11)29-20(14)26)17(24)27-10-28-18(25)19(2,3)4/h7,9,14,26H,5-6,8,10H2,1-4H3,(H,22,23)/t14-/m0/s1. The van der Waals surface area contributed by atoms with Crippen molar-refractivity contribution in [1.29, 1.82) is 0 Å². The van der Waals surface area contributed by atoms with Crippen molar-refractivity contribution in [1.82, 2.24) is 5.32 Å². The van der Waals surface area contributed by atoms with Gasteiger partial charge in [0.1, 0.15) is 11.3 Å². The Morgan fingerprint density at radius 2 is 2.00 bits per heavy atom. The number of amides is 1.